The smallest absolute Gasteiger partial charge is 0.332 e. The summed E-state index contributed by atoms with van der Waals surface area (Å²) in [6.07, 6.45) is 6.74. The largest absolute Gasteiger partial charge is 0.464 e. The van der Waals surface area contributed by atoms with Gasteiger partial charge < -0.3 is 14.8 Å². The van der Waals surface area contributed by atoms with Gasteiger partial charge in [0, 0.05) is 22.9 Å². The molecule has 0 saturated carbocycles. The number of anilines is 1. The Hall–Kier alpha value is -2.29. The monoisotopic (exact) mass is 505 g/mol. The maximum atomic E-state index is 13.4. The zero-order valence-electron chi connectivity index (χ0n) is 19.3. The van der Waals surface area contributed by atoms with Crippen LogP contribution in [-0.4, -0.2) is 35.8 Å². The summed E-state index contributed by atoms with van der Waals surface area (Å²) in [4.78, 5) is 23.6. The third-order valence-corrected chi connectivity index (χ3v) is 7.31. The van der Waals surface area contributed by atoms with Crippen molar-refractivity contribution in [1.29, 1.82) is 0 Å². The summed E-state index contributed by atoms with van der Waals surface area (Å²) < 4.78 is 24.0. The molecule has 0 fully saturated rings. The van der Waals surface area contributed by atoms with Crippen LogP contribution in [0, 0.1) is 5.82 Å². The predicted molar refractivity (Wildman–Crippen MR) is 133 cm³/mol. The van der Waals surface area contributed by atoms with Crippen molar-refractivity contribution in [1.82, 2.24) is 9.97 Å². The lowest BCUT2D eigenvalue weighted by molar-refractivity contribution is -0.149. The van der Waals surface area contributed by atoms with Crippen molar-refractivity contribution in [3.05, 3.63) is 50.9 Å². The predicted octanol–water partition coefficient (Wildman–Crippen LogP) is 5.88. The number of carbonyl (C=O) groups excluding carboxylic acids is 1. The van der Waals surface area contributed by atoms with E-state index in [0.29, 0.717) is 37.0 Å². The fraction of sp³-hybridized carbons (Fsp3) is 0.480. The molecule has 1 N–H and O–H groups in total. The standard InChI is InChI=1S/C25H29ClFN3O3S/c1-2-3-11-33-22(31)15-32-12-10-21-29-24(28-14-16-8-9-17(27)13-19(16)26)23-18-6-4-5-7-20(18)34-25(23)30-21/h8-9,13H,2-7,10-12,14-15H2,1H3,(H,28,29,30). The van der Waals surface area contributed by atoms with Crippen LogP contribution in [0.25, 0.3) is 10.2 Å². The summed E-state index contributed by atoms with van der Waals surface area (Å²) >= 11 is 7.95. The van der Waals surface area contributed by atoms with E-state index in [4.69, 9.17) is 31.0 Å². The number of aryl methyl sites for hydroxylation is 2. The molecule has 2 heterocycles. The van der Waals surface area contributed by atoms with Crippen molar-refractivity contribution < 1.29 is 18.7 Å². The number of unbranched alkanes of at least 4 members (excludes halogenated alkanes) is 1. The first-order valence-corrected chi connectivity index (χ1v) is 13.0. The van der Waals surface area contributed by atoms with Crippen molar-refractivity contribution in [3.63, 3.8) is 0 Å². The molecule has 182 valence electrons. The molecule has 0 spiro atoms. The van der Waals surface area contributed by atoms with Gasteiger partial charge in [-0.15, -0.1) is 11.3 Å². The van der Waals surface area contributed by atoms with Gasteiger partial charge in [0.2, 0.25) is 0 Å². The number of halogens is 2. The number of ether oxygens (including phenoxy) is 2. The molecule has 0 unspecified atom stereocenters. The fourth-order valence-corrected chi connectivity index (χ4v) is 5.49. The number of hydrogen-bond donors (Lipinski definition) is 1. The molecule has 3 aromatic rings. The minimum absolute atomic E-state index is 0.0760. The van der Waals surface area contributed by atoms with Crippen LogP contribution in [0.2, 0.25) is 5.02 Å². The Morgan fingerprint density at radius 2 is 2.09 bits per heavy atom. The zero-order valence-corrected chi connectivity index (χ0v) is 20.9. The van der Waals surface area contributed by atoms with Gasteiger partial charge in [-0.05, 0) is 55.4 Å². The Balaban J connectivity index is 1.48. The van der Waals surface area contributed by atoms with Crippen LogP contribution >= 0.6 is 22.9 Å². The second-order valence-electron chi connectivity index (χ2n) is 8.35. The topological polar surface area (TPSA) is 73.3 Å². The van der Waals surface area contributed by atoms with E-state index in [-0.39, 0.29) is 18.4 Å². The highest BCUT2D eigenvalue weighted by Gasteiger charge is 2.21. The quantitative estimate of drug-likeness (QED) is 0.259. The van der Waals surface area contributed by atoms with Crippen LogP contribution < -0.4 is 5.32 Å². The summed E-state index contributed by atoms with van der Waals surface area (Å²) in [6.45, 7) is 3.14. The number of nitrogens with one attached hydrogen (secondary N) is 1. The number of nitrogens with zero attached hydrogens (tertiary/aromatic N) is 2. The van der Waals surface area contributed by atoms with Crippen molar-refractivity contribution in [2.24, 2.45) is 0 Å². The average molecular weight is 506 g/mol. The molecule has 4 rings (SSSR count). The molecule has 0 aliphatic heterocycles. The van der Waals surface area contributed by atoms with E-state index < -0.39 is 0 Å². The van der Waals surface area contributed by atoms with Crippen LogP contribution in [0.15, 0.2) is 18.2 Å². The first-order chi connectivity index (χ1) is 16.5. The fourth-order valence-electron chi connectivity index (χ4n) is 3.98. The molecule has 6 nitrogen and oxygen atoms in total. The maximum absolute atomic E-state index is 13.4. The van der Waals surface area contributed by atoms with Gasteiger partial charge >= 0.3 is 5.97 Å². The molecule has 0 bridgehead atoms. The third kappa shape index (κ3) is 6.23. The lowest BCUT2D eigenvalue weighted by Gasteiger charge is -2.14. The summed E-state index contributed by atoms with van der Waals surface area (Å²) in [5.74, 6) is 0.702. The number of aromatic nitrogens is 2. The zero-order chi connectivity index (χ0) is 23.9. The van der Waals surface area contributed by atoms with Crippen molar-refractivity contribution >= 4 is 44.9 Å². The van der Waals surface area contributed by atoms with E-state index in [1.165, 1.54) is 29.0 Å². The molecule has 1 aromatic carbocycles. The normalized spacial score (nSPS) is 13.1. The van der Waals surface area contributed by atoms with Gasteiger partial charge in [0.15, 0.2) is 0 Å². The molecule has 1 aliphatic carbocycles. The Morgan fingerprint density at radius 3 is 2.91 bits per heavy atom. The second-order valence-corrected chi connectivity index (χ2v) is 9.84. The number of thiophene rings is 1. The molecule has 0 amide bonds. The Kier molecular flexibility index (Phi) is 8.69. The van der Waals surface area contributed by atoms with Crippen LogP contribution in [0.3, 0.4) is 0 Å². The molecule has 34 heavy (non-hydrogen) atoms. The van der Waals surface area contributed by atoms with Crippen LogP contribution in [0.5, 0.6) is 0 Å². The highest BCUT2D eigenvalue weighted by molar-refractivity contribution is 7.19. The van der Waals surface area contributed by atoms with Gasteiger partial charge in [0.05, 0.1) is 18.6 Å². The molecule has 9 heteroatoms. The number of benzene rings is 1. The Labute approximate surface area is 207 Å². The summed E-state index contributed by atoms with van der Waals surface area (Å²) in [5, 5.41) is 4.86. The van der Waals surface area contributed by atoms with Gasteiger partial charge in [-0.2, -0.15) is 0 Å². The first kappa shape index (κ1) is 24.8. The summed E-state index contributed by atoms with van der Waals surface area (Å²) in [7, 11) is 0. The highest BCUT2D eigenvalue weighted by Crippen LogP contribution is 2.39. The van der Waals surface area contributed by atoms with Crippen LogP contribution in [-0.2, 0) is 40.1 Å². The first-order valence-electron chi connectivity index (χ1n) is 11.8. The SMILES string of the molecule is CCCCOC(=O)COCCc1nc(NCc2ccc(F)cc2Cl)c2c3c(sc2n1)CCCC3. The van der Waals surface area contributed by atoms with Crippen molar-refractivity contribution in [3.8, 4) is 0 Å². The number of carbonyl (C=O) groups is 1. The van der Waals surface area contributed by atoms with Crippen molar-refractivity contribution in [2.45, 2.75) is 58.4 Å². The highest BCUT2D eigenvalue weighted by atomic mass is 35.5. The van der Waals surface area contributed by atoms with E-state index in [9.17, 15) is 9.18 Å². The summed E-state index contributed by atoms with van der Waals surface area (Å²) in [6, 6.07) is 4.40. The van der Waals surface area contributed by atoms with Gasteiger partial charge in [-0.1, -0.05) is 31.0 Å². The van der Waals surface area contributed by atoms with Gasteiger partial charge in [0.1, 0.15) is 28.9 Å². The minimum atomic E-state index is -0.360. The van der Waals surface area contributed by atoms with E-state index in [2.05, 4.69) is 5.32 Å². The second kappa shape index (κ2) is 11.9. The van der Waals surface area contributed by atoms with E-state index >= 15 is 0 Å². The van der Waals surface area contributed by atoms with Crippen molar-refractivity contribution in [2.75, 3.05) is 25.1 Å². The molecule has 0 radical (unpaired) electrons. The van der Waals surface area contributed by atoms with Gasteiger partial charge in [0.25, 0.3) is 0 Å². The molecule has 0 atom stereocenters. The van der Waals surface area contributed by atoms with Crippen LogP contribution in [0.4, 0.5) is 10.2 Å². The van der Waals surface area contributed by atoms with E-state index in [1.54, 1.807) is 17.4 Å². The Morgan fingerprint density at radius 1 is 1.24 bits per heavy atom. The lowest BCUT2D eigenvalue weighted by atomic mass is 9.97. The third-order valence-electron chi connectivity index (χ3n) is 5.77. The molecule has 2 aromatic heterocycles. The molecule has 0 saturated heterocycles. The summed E-state index contributed by atoms with van der Waals surface area (Å²) in [5.41, 5.74) is 2.13. The Bertz CT molecular complexity index is 1150. The number of esters is 1. The number of hydrogen-bond acceptors (Lipinski definition) is 7. The van der Waals surface area contributed by atoms with Crippen LogP contribution in [0.1, 0.15) is 54.4 Å². The number of rotatable bonds is 11. The molecule has 1 aliphatic rings. The maximum Gasteiger partial charge on any atom is 0.332 e. The van der Waals surface area contributed by atoms with Gasteiger partial charge in [-0.25, -0.2) is 19.2 Å². The average Bonchev–Trinajstić information content (AvgIpc) is 3.20. The van der Waals surface area contributed by atoms with E-state index in [0.717, 1.165) is 53.7 Å². The molecular formula is C25H29ClFN3O3S. The number of fused-ring (bicyclic) bond motifs is 3. The van der Waals surface area contributed by atoms with Gasteiger partial charge in [-0.3, -0.25) is 0 Å². The van der Waals surface area contributed by atoms with E-state index in [1.807, 2.05) is 6.92 Å². The molecular weight excluding hydrogens is 477 g/mol. The minimum Gasteiger partial charge on any atom is -0.464 e. The lowest BCUT2D eigenvalue weighted by Crippen LogP contribution is -2.15.